The highest BCUT2D eigenvalue weighted by Gasteiger charge is 2.16. The molecule has 0 aliphatic carbocycles. The molecular formula is C15H22N2O4. The first-order valence-electron chi connectivity index (χ1n) is 7.39. The molecule has 0 bridgehead atoms. The normalized spacial score (nSPS) is 17.4. The lowest BCUT2D eigenvalue weighted by Crippen LogP contribution is -2.33. The number of aliphatic hydroxyl groups excluding tert-OH is 1. The summed E-state index contributed by atoms with van der Waals surface area (Å²) in [5.41, 5.74) is 0.428. The van der Waals surface area contributed by atoms with Crippen LogP contribution in [0.1, 0.15) is 37.9 Å². The van der Waals surface area contributed by atoms with E-state index in [2.05, 4.69) is 4.90 Å². The summed E-state index contributed by atoms with van der Waals surface area (Å²) in [5.74, 6) is 0.521. The summed E-state index contributed by atoms with van der Waals surface area (Å²) >= 11 is 0. The number of nitro benzene ring substituents is 1. The molecule has 1 aliphatic heterocycles. The average Bonchev–Trinajstić information content (AvgIpc) is 2.48. The van der Waals surface area contributed by atoms with E-state index in [1.165, 1.54) is 31.4 Å². The van der Waals surface area contributed by atoms with E-state index in [1.54, 1.807) is 13.0 Å². The van der Waals surface area contributed by atoms with Crippen molar-refractivity contribution in [2.75, 3.05) is 26.2 Å². The summed E-state index contributed by atoms with van der Waals surface area (Å²) in [6.07, 6.45) is 2.97. The van der Waals surface area contributed by atoms with Gasteiger partial charge < -0.3 is 9.84 Å². The van der Waals surface area contributed by atoms with Crippen molar-refractivity contribution in [3.63, 3.8) is 0 Å². The number of benzene rings is 1. The molecule has 1 unspecified atom stereocenters. The van der Waals surface area contributed by atoms with Gasteiger partial charge in [-0.15, -0.1) is 0 Å². The maximum absolute atomic E-state index is 10.8. The van der Waals surface area contributed by atoms with Crippen LogP contribution < -0.4 is 4.74 Å². The first-order chi connectivity index (χ1) is 10.1. The average molecular weight is 294 g/mol. The van der Waals surface area contributed by atoms with Crippen LogP contribution in [0.5, 0.6) is 5.75 Å². The Bertz CT molecular complexity index is 485. The number of rotatable bonds is 6. The van der Waals surface area contributed by atoms with Gasteiger partial charge >= 0.3 is 0 Å². The van der Waals surface area contributed by atoms with Crippen LogP contribution in [-0.2, 0) is 0 Å². The fraction of sp³-hybridized carbons (Fsp3) is 0.600. The van der Waals surface area contributed by atoms with E-state index in [0.717, 1.165) is 19.6 Å². The van der Waals surface area contributed by atoms with Crippen LogP contribution in [0.15, 0.2) is 18.2 Å². The second kappa shape index (κ2) is 7.38. The Morgan fingerprint density at radius 2 is 2.10 bits per heavy atom. The second-order valence-electron chi connectivity index (χ2n) is 5.41. The van der Waals surface area contributed by atoms with Crippen molar-refractivity contribution < 1.29 is 14.8 Å². The Labute approximate surface area is 124 Å². The number of non-ortho nitro benzene ring substituents is 1. The Kier molecular flexibility index (Phi) is 5.52. The molecule has 21 heavy (non-hydrogen) atoms. The fourth-order valence-electron chi connectivity index (χ4n) is 2.58. The third-order valence-corrected chi connectivity index (χ3v) is 3.77. The lowest BCUT2D eigenvalue weighted by Gasteiger charge is -2.26. The Balaban J connectivity index is 1.96. The molecule has 2 rings (SSSR count). The zero-order chi connectivity index (χ0) is 15.2. The van der Waals surface area contributed by atoms with Gasteiger partial charge in [0.05, 0.1) is 11.0 Å². The van der Waals surface area contributed by atoms with Gasteiger partial charge in [-0.2, -0.15) is 0 Å². The molecule has 6 nitrogen and oxygen atoms in total. The monoisotopic (exact) mass is 294 g/mol. The highest BCUT2D eigenvalue weighted by molar-refractivity contribution is 5.44. The van der Waals surface area contributed by atoms with Crippen LogP contribution in [0.25, 0.3) is 0 Å². The Morgan fingerprint density at radius 1 is 1.38 bits per heavy atom. The van der Waals surface area contributed by atoms with Gasteiger partial charge in [0.2, 0.25) is 0 Å². The van der Waals surface area contributed by atoms with Crippen molar-refractivity contribution in [3.05, 3.63) is 33.9 Å². The quantitative estimate of drug-likeness (QED) is 0.644. The van der Waals surface area contributed by atoms with E-state index in [1.807, 2.05) is 0 Å². The maximum Gasteiger partial charge on any atom is 0.270 e. The van der Waals surface area contributed by atoms with E-state index in [-0.39, 0.29) is 5.69 Å². The third-order valence-electron chi connectivity index (χ3n) is 3.77. The zero-order valence-corrected chi connectivity index (χ0v) is 12.3. The van der Waals surface area contributed by atoms with Crippen molar-refractivity contribution in [2.24, 2.45) is 0 Å². The summed E-state index contributed by atoms with van der Waals surface area (Å²) in [7, 11) is 0. The molecule has 1 heterocycles. The van der Waals surface area contributed by atoms with Gasteiger partial charge in [-0.25, -0.2) is 0 Å². The second-order valence-corrected chi connectivity index (χ2v) is 5.41. The predicted octanol–water partition coefficient (Wildman–Crippen LogP) is 2.51. The maximum atomic E-state index is 10.8. The number of aliphatic hydroxyl groups is 1. The molecule has 1 saturated heterocycles. The standard InChI is InChI=1S/C15H22N2O4/c1-12(18)14-11-13(17(19)20)5-6-15(14)21-10-9-16-7-3-2-4-8-16/h5-6,11-12,18H,2-4,7-10H2,1H3. The minimum atomic E-state index is -0.796. The SMILES string of the molecule is CC(O)c1cc([N+](=O)[O-])ccc1OCCN1CCCCC1. The predicted molar refractivity (Wildman–Crippen MR) is 79.5 cm³/mol. The summed E-state index contributed by atoms with van der Waals surface area (Å²) in [6.45, 7) is 5.16. The Morgan fingerprint density at radius 3 is 2.71 bits per heavy atom. The molecule has 1 aromatic rings. The number of nitro groups is 1. The van der Waals surface area contributed by atoms with E-state index < -0.39 is 11.0 Å². The van der Waals surface area contributed by atoms with Crippen LogP contribution in [-0.4, -0.2) is 41.2 Å². The molecule has 1 fully saturated rings. The molecule has 0 saturated carbocycles. The lowest BCUT2D eigenvalue weighted by atomic mass is 10.1. The van der Waals surface area contributed by atoms with Gasteiger partial charge in [0, 0.05) is 24.2 Å². The smallest absolute Gasteiger partial charge is 0.270 e. The summed E-state index contributed by atoms with van der Waals surface area (Å²) in [4.78, 5) is 12.7. The molecule has 1 aliphatic rings. The molecule has 116 valence electrons. The molecular weight excluding hydrogens is 272 g/mol. The van der Waals surface area contributed by atoms with Crippen molar-refractivity contribution in [1.82, 2.24) is 4.90 Å². The molecule has 6 heteroatoms. The molecule has 0 amide bonds. The van der Waals surface area contributed by atoms with Crippen LogP contribution in [0.4, 0.5) is 5.69 Å². The fourth-order valence-corrected chi connectivity index (χ4v) is 2.58. The molecule has 0 aromatic heterocycles. The van der Waals surface area contributed by atoms with Crippen molar-refractivity contribution >= 4 is 5.69 Å². The van der Waals surface area contributed by atoms with Gasteiger partial charge in [-0.05, 0) is 38.9 Å². The summed E-state index contributed by atoms with van der Waals surface area (Å²) in [5, 5.41) is 20.5. The van der Waals surface area contributed by atoms with Gasteiger partial charge in [-0.3, -0.25) is 15.0 Å². The molecule has 0 spiro atoms. The van der Waals surface area contributed by atoms with Crippen LogP contribution >= 0.6 is 0 Å². The van der Waals surface area contributed by atoms with E-state index in [0.29, 0.717) is 17.9 Å². The first-order valence-corrected chi connectivity index (χ1v) is 7.39. The third kappa shape index (κ3) is 4.41. The minimum Gasteiger partial charge on any atom is -0.492 e. The number of nitrogens with zero attached hydrogens (tertiary/aromatic N) is 2. The minimum absolute atomic E-state index is 0.0331. The van der Waals surface area contributed by atoms with Crippen LogP contribution in [0.2, 0.25) is 0 Å². The molecule has 0 radical (unpaired) electrons. The van der Waals surface area contributed by atoms with Gasteiger partial charge in [0.25, 0.3) is 5.69 Å². The topological polar surface area (TPSA) is 75.8 Å². The molecule has 1 atom stereocenters. The summed E-state index contributed by atoms with van der Waals surface area (Å²) < 4.78 is 5.71. The van der Waals surface area contributed by atoms with Gasteiger partial charge in [0.1, 0.15) is 12.4 Å². The molecule has 1 N–H and O–H groups in total. The Hall–Kier alpha value is -1.66. The molecule has 1 aromatic carbocycles. The van der Waals surface area contributed by atoms with Gasteiger partial charge in [0.15, 0.2) is 0 Å². The van der Waals surface area contributed by atoms with Gasteiger partial charge in [-0.1, -0.05) is 6.42 Å². The number of ether oxygens (including phenoxy) is 1. The van der Waals surface area contributed by atoms with Crippen molar-refractivity contribution in [2.45, 2.75) is 32.3 Å². The van der Waals surface area contributed by atoms with E-state index >= 15 is 0 Å². The van der Waals surface area contributed by atoms with Crippen LogP contribution in [0, 0.1) is 10.1 Å². The van der Waals surface area contributed by atoms with Crippen molar-refractivity contribution in [1.29, 1.82) is 0 Å². The highest BCUT2D eigenvalue weighted by atomic mass is 16.6. The first kappa shape index (κ1) is 15.7. The number of likely N-dealkylation sites (tertiary alicyclic amines) is 1. The van der Waals surface area contributed by atoms with E-state index in [4.69, 9.17) is 4.74 Å². The number of hydrogen-bond acceptors (Lipinski definition) is 5. The summed E-state index contributed by atoms with van der Waals surface area (Å²) in [6, 6.07) is 4.35. The number of piperidine rings is 1. The zero-order valence-electron chi connectivity index (χ0n) is 12.3. The van der Waals surface area contributed by atoms with E-state index in [9.17, 15) is 15.2 Å². The van der Waals surface area contributed by atoms with Crippen molar-refractivity contribution in [3.8, 4) is 5.75 Å². The van der Waals surface area contributed by atoms with Crippen LogP contribution in [0.3, 0.4) is 0 Å². The number of hydrogen-bond donors (Lipinski definition) is 1. The lowest BCUT2D eigenvalue weighted by molar-refractivity contribution is -0.385. The highest BCUT2D eigenvalue weighted by Crippen LogP contribution is 2.29. The largest absolute Gasteiger partial charge is 0.492 e.